The Labute approximate surface area is 172 Å². The molecule has 29 heavy (non-hydrogen) atoms. The molecule has 0 aliphatic carbocycles. The summed E-state index contributed by atoms with van der Waals surface area (Å²) >= 11 is 5.87. The molecule has 7 nitrogen and oxygen atoms in total. The van der Waals surface area contributed by atoms with Crippen LogP contribution < -0.4 is 4.74 Å². The van der Waals surface area contributed by atoms with Crippen LogP contribution in [0.4, 0.5) is 0 Å². The molecular weight excluding hydrogens is 396 g/mol. The fraction of sp³-hybridized carbons (Fsp3) is 0.286. The Hall–Kier alpha value is -2.90. The minimum Gasteiger partial charge on any atom is -0.491 e. The lowest BCUT2D eigenvalue weighted by Gasteiger charge is -2.11. The number of esters is 1. The minimum atomic E-state index is -0.484. The number of hydrogen-bond acceptors (Lipinski definition) is 7. The lowest BCUT2D eigenvalue weighted by Crippen LogP contribution is -2.16. The third-order valence-corrected chi connectivity index (χ3v) is 4.69. The highest BCUT2D eigenvalue weighted by molar-refractivity contribution is 6.30. The van der Waals surface area contributed by atoms with E-state index in [2.05, 4.69) is 10.2 Å². The van der Waals surface area contributed by atoms with Crippen LogP contribution in [0.25, 0.3) is 11.5 Å². The number of aromatic nitrogens is 2. The number of nitrogens with zero attached hydrogens (tertiary/aromatic N) is 2. The fourth-order valence-electron chi connectivity index (χ4n) is 2.88. The van der Waals surface area contributed by atoms with Gasteiger partial charge in [-0.1, -0.05) is 11.6 Å². The van der Waals surface area contributed by atoms with E-state index in [1.54, 1.807) is 48.5 Å². The van der Waals surface area contributed by atoms with Gasteiger partial charge in [0.25, 0.3) is 5.89 Å². The Morgan fingerprint density at radius 3 is 2.62 bits per heavy atom. The summed E-state index contributed by atoms with van der Waals surface area (Å²) in [4.78, 5) is 12.2. The zero-order chi connectivity index (χ0) is 20.1. The molecule has 8 heteroatoms. The van der Waals surface area contributed by atoms with E-state index < -0.39 is 5.97 Å². The molecule has 0 N–H and O–H groups in total. The summed E-state index contributed by atoms with van der Waals surface area (Å²) in [6.07, 6.45) is 2.23. The van der Waals surface area contributed by atoms with E-state index in [9.17, 15) is 4.79 Å². The van der Waals surface area contributed by atoms with Gasteiger partial charge in [0.15, 0.2) is 6.61 Å². The summed E-state index contributed by atoms with van der Waals surface area (Å²) < 4.78 is 22.0. The molecule has 0 unspecified atom stereocenters. The predicted octanol–water partition coefficient (Wildman–Crippen LogP) is 4.30. The molecule has 1 aliphatic heterocycles. The van der Waals surface area contributed by atoms with Crippen LogP contribution in [0.3, 0.4) is 0 Å². The average Bonchev–Trinajstić information content (AvgIpc) is 3.44. The van der Waals surface area contributed by atoms with Crippen LogP contribution in [-0.2, 0) is 16.1 Å². The SMILES string of the molecule is O=C(OCc1nnc(-c2ccc(Cl)cc2)o1)c1ccc(OC[C@H]2CCCO2)cc1. The van der Waals surface area contributed by atoms with E-state index in [1.807, 2.05) is 0 Å². The first-order chi connectivity index (χ1) is 14.2. The largest absolute Gasteiger partial charge is 0.491 e. The highest BCUT2D eigenvalue weighted by Crippen LogP contribution is 2.21. The summed E-state index contributed by atoms with van der Waals surface area (Å²) in [5.41, 5.74) is 1.14. The van der Waals surface area contributed by atoms with Gasteiger partial charge in [-0.25, -0.2) is 4.79 Å². The third kappa shape index (κ3) is 5.13. The van der Waals surface area contributed by atoms with Crippen molar-refractivity contribution in [2.45, 2.75) is 25.6 Å². The van der Waals surface area contributed by atoms with Gasteiger partial charge in [0.1, 0.15) is 12.4 Å². The van der Waals surface area contributed by atoms with Crippen molar-refractivity contribution in [3.8, 4) is 17.2 Å². The zero-order valence-corrected chi connectivity index (χ0v) is 16.3. The maximum Gasteiger partial charge on any atom is 0.338 e. The molecule has 4 rings (SSSR count). The monoisotopic (exact) mass is 414 g/mol. The van der Waals surface area contributed by atoms with Crippen LogP contribution >= 0.6 is 11.6 Å². The van der Waals surface area contributed by atoms with E-state index in [0.717, 1.165) is 25.0 Å². The molecule has 0 amide bonds. The lowest BCUT2D eigenvalue weighted by molar-refractivity contribution is 0.0438. The third-order valence-electron chi connectivity index (χ3n) is 4.43. The Bertz CT molecular complexity index is 950. The Morgan fingerprint density at radius 1 is 1.10 bits per heavy atom. The molecule has 0 saturated carbocycles. The molecular formula is C21H19ClN2O5. The molecule has 1 aliphatic rings. The van der Waals surface area contributed by atoms with Crippen molar-refractivity contribution in [2.75, 3.05) is 13.2 Å². The Balaban J connectivity index is 1.28. The van der Waals surface area contributed by atoms with Gasteiger partial charge < -0.3 is 18.6 Å². The molecule has 0 spiro atoms. The van der Waals surface area contributed by atoms with Crippen LogP contribution in [0.1, 0.15) is 29.1 Å². The van der Waals surface area contributed by atoms with Gasteiger partial charge >= 0.3 is 5.97 Å². The summed E-state index contributed by atoms with van der Waals surface area (Å²) in [7, 11) is 0. The summed E-state index contributed by atoms with van der Waals surface area (Å²) in [6, 6.07) is 13.8. The molecule has 2 heterocycles. The minimum absolute atomic E-state index is 0.114. The fourth-order valence-corrected chi connectivity index (χ4v) is 3.01. The number of benzene rings is 2. The Morgan fingerprint density at radius 2 is 1.90 bits per heavy atom. The first-order valence-corrected chi connectivity index (χ1v) is 9.65. The summed E-state index contributed by atoms with van der Waals surface area (Å²) in [6.45, 7) is 1.19. The van der Waals surface area contributed by atoms with Crippen LogP contribution in [0.2, 0.25) is 5.02 Å². The normalized spacial score (nSPS) is 16.0. The quantitative estimate of drug-likeness (QED) is 0.533. The van der Waals surface area contributed by atoms with Crippen LogP contribution in [0.5, 0.6) is 5.75 Å². The Kier molecular flexibility index (Phi) is 6.07. The van der Waals surface area contributed by atoms with E-state index in [4.69, 9.17) is 30.2 Å². The van der Waals surface area contributed by atoms with Gasteiger partial charge in [-0.05, 0) is 61.4 Å². The van der Waals surface area contributed by atoms with Gasteiger partial charge in [-0.2, -0.15) is 0 Å². The van der Waals surface area contributed by atoms with Crippen molar-refractivity contribution >= 4 is 17.6 Å². The predicted molar refractivity (Wildman–Crippen MR) is 105 cm³/mol. The molecule has 0 radical (unpaired) electrons. The van der Waals surface area contributed by atoms with Crippen LogP contribution in [0, 0.1) is 0 Å². The number of carbonyl (C=O) groups excluding carboxylic acids is 1. The van der Waals surface area contributed by atoms with Crippen molar-refractivity contribution in [3.63, 3.8) is 0 Å². The summed E-state index contributed by atoms with van der Waals surface area (Å²) in [5.74, 6) is 0.740. The van der Waals surface area contributed by atoms with E-state index in [0.29, 0.717) is 28.8 Å². The molecule has 1 aromatic heterocycles. The maximum absolute atomic E-state index is 12.2. The van der Waals surface area contributed by atoms with E-state index in [1.165, 1.54) is 0 Å². The zero-order valence-electron chi connectivity index (χ0n) is 15.5. The van der Waals surface area contributed by atoms with Gasteiger partial charge in [0, 0.05) is 17.2 Å². The van der Waals surface area contributed by atoms with Gasteiger partial charge in [0.2, 0.25) is 5.89 Å². The second-order valence-corrected chi connectivity index (χ2v) is 6.99. The number of carbonyl (C=O) groups is 1. The van der Waals surface area contributed by atoms with Crippen molar-refractivity contribution in [3.05, 3.63) is 65.0 Å². The molecule has 150 valence electrons. The van der Waals surface area contributed by atoms with Gasteiger partial charge in [-0.15, -0.1) is 10.2 Å². The molecule has 1 atom stereocenters. The second kappa shape index (κ2) is 9.07. The molecule has 0 bridgehead atoms. The molecule has 2 aromatic carbocycles. The standard InChI is InChI=1S/C21H19ClN2O5/c22-16-7-3-14(4-8-16)20-24-23-19(29-20)13-28-21(25)15-5-9-17(10-6-15)27-12-18-2-1-11-26-18/h3-10,18H,1-2,11-13H2/t18-/m1/s1. The maximum atomic E-state index is 12.2. The number of ether oxygens (including phenoxy) is 3. The van der Waals surface area contributed by atoms with Crippen LogP contribution in [-0.4, -0.2) is 35.5 Å². The van der Waals surface area contributed by atoms with Gasteiger partial charge in [0.05, 0.1) is 11.7 Å². The first kappa shape index (κ1) is 19.4. The smallest absolute Gasteiger partial charge is 0.338 e. The van der Waals surface area contributed by atoms with Gasteiger partial charge in [-0.3, -0.25) is 0 Å². The number of rotatable bonds is 7. The van der Waals surface area contributed by atoms with E-state index in [-0.39, 0.29) is 18.6 Å². The highest BCUT2D eigenvalue weighted by Gasteiger charge is 2.16. The van der Waals surface area contributed by atoms with Crippen molar-refractivity contribution in [1.29, 1.82) is 0 Å². The average molecular weight is 415 g/mol. The lowest BCUT2D eigenvalue weighted by atomic mass is 10.2. The number of halogens is 1. The molecule has 1 fully saturated rings. The first-order valence-electron chi connectivity index (χ1n) is 9.27. The van der Waals surface area contributed by atoms with Crippen LogP contribution in [0.15, 0.2) is 52.9 Å². The number of hydrogen-bond donors (Lipinski definition) is 0. The summed E-state index contributed by atoms with van der Waals surface area (Å²) in [5, 5.41) is 8.47. The molecule has 3 aromatic rings. The van der Waals surface area contributed by atoms with Crippen molar-refractivity contribution < 1.29 is 23.4 Å². The second-order valence-electron chi connectivity index (χ2n) is 6.55. The highest BCUT2D eigenvalue weighted by atomic mass is 35.5. The van der Waals surface area contributed by atoms with Crippen molar-refractivity contribution in [1.82, 2.24) is 10.2 Å². The van der Waals surface area contributed by atoms with E-state index >= 15 is 0 Å². The van der Waals surface area contributed by atoms with Crippen molar-refractivity contribution in [2.24, 2.45) is 0 Å². The molecule has 1 saturated heterocycles. The topological polar surface area (TPSA) is 83.7 Å².